The zero-order chi connectivity index (χ0) is 31.4. The molecule has 0 saturated heterocycles. The van der Waals surface area contributed by atoms with Gasteiger partial charge in [0.1, 0.15) is 18.2 Å². The Balaban J connectivity index is 1.60. The third-order valence-electron chi connectivity index (χ3n) is 7.18. The number of methoxy groups -OCH3 is 1. The molecular formula is C35H33ClFN3O4. The van der Waals surface area contributed by atoms with Crippen molar-refractivity contribution < 1.29 is 18.6 Å². The summed E-state index contributed by atoms with van der Waals surface area (Å²) in [4.78, 5) is 18.7. The minimum atomic E-state index is -0.372. The largest absolute Gasteiger partial charge is 0.496 e. The summed E-state index contributed by atoms with van der Waals surface area (Å²) >= 11 is 6.64. The van der Waals surface area contributed by atoms with Crippen molar-refractivity contribution in [3.05, 3.63) is 116 Å². The fourth-order valence-corrected chi connectivity index (χ4v) is 5.20. The van der Waals surface area contributed by atoms with Gasteiger partial charge in [-0.25, -0.2) is 9.37 Å². The van der Waals surface area contributed by atoms with Crippen molar-refractivity contribution in [1.82, 2.24) is 9.66 Å². The lowest BCUT2D eigenvalue weighted by Crippen LogP contribution is -2.20. The normalized spacial score (nSPS) is 11.5. The van der Waals surface area contributed by atoms with Crippen molar-refractivity contribution in [2.75, 3.05) is 13.7 Å². The maximum absolute atomic E-state index is 14.2. The van der Waals surface area contributed by atoms with E-state index in [1.807, 2.05) is 38.1 Å². The number of ether oxygens (including phenoxy) is 3. The van der Waals surface area contributed by atoms with Crippen LogP contribution in [0.1, 0.15) is 48.9 Å². The van der Waals surface area contributed by atoms with E-state index in [2.05, 4.69) is 18.9 Å². The summed E-state index contributed by atoms with van der Waals surface area (Å²) in [6, 6.07) is 20.9. The SMILES string of the molecule is CCOc1cc(C=Nn2c(-c3cc(C(C)C)c(OC)cc3C)nc3ccccc3c2=O)cc(Cl)c1OCc1ccccc1F. The molecule has 0 unspecified atom stereocenters. The number of para-hydroxylation sites is 1. The predicted molar refractivity (Wildman–Crippen MR) is 173 cm³/mol. The fourth-order valence-electron chi connectivity index (χ4n) is 4.93. The van der Waals surface area contributed by atoms with Crippen molar-refractivity contribution in [3.63, 3.8) is 0 Å². The highest BCUT2D eigenvalue weighted by Gasteiger charge is 2.19. The van der Waals surface area contributed by atoms with Crippen molar-refractivity contribution in [2.24, 2.45) is 5.10 Å². The maximum atomic E-state index is 14.2. The summed E-state index contributed by atoms with van der Waals surface area (Å²) in [7, 11) is 1.65. The molecule has 0 atom stereocenters. The minimum Gasteiger partial charge on any atom is -0.496 e. The predicted octanol–water partition coefficient (Wildman–Crippen LogP) is 8.16. The van der Waals surface area contributed by atoms with E-state index in [9.17, 15) is 9.18 Å². The lowest BCUT2D eigenvalue weighted by Gasteiger charge is -2.17. The van der Waals surface area contributed by atoms with Crippen LogP contribution in [0.15, 0.2) is 82.7 Å². The quantitative estimate of drug-likeness (QED) is 0.149. The Morgan fingerprint density at radius 2 is 1.77 bits per heavy atom. The second-order valence-electron chi connectivity index (χ2n) is 10.5. The standard InChI is InChI=1S/C35H33ClFN3O4/c1-6-43-32-17-23(16-28(36)33(32)44-20-24-11-7-9-13-29(24)37)19-38-40-34(39-30-14-10-8-12-25(30)35(40)41)27-18-26(21(2)3)31(42-5)15-22(27)4/h7-19,21H,6,20H2,1-5H3. The molecule has 0 bridgehead atoms. The molecule has 0 radical (unpaired) electrons. The minimum absolute atomic E-state index is 0.0268. The van der Waals surface area contributed by atoms with Gasteiger partial charge in [0, 0.05) is 11.1 Å². The molecule has 0 amide bonds. The van der Waals surface area contributed by atoms with E-state index >= 15 is 0 Å². The van der Waals surface area contributed by atoms with E-state index in [4.69, 9.17) is 30.8 Å². The number of benzene rings is 4. The summed E-state index contributed by atoms with van der Waals surface area (Å²) in [5.74, 6) is 1.63. The number of nitrogens with zero attached hydrogens (tertiary/aromatic N) is 3. The highest BCUT2D eigenvalue weighted by Crippen LogP contribution is 2.37. The lowest BCUT2D eigenvalue weighted by atomic mass is 9.96. The van der Waals surface area contributed by atoms with Crippen molar-refractivity contribution >= 4 is 28.7 Å². The van der Waals surface area contributed by atoms with Gasteiger partial charge in [-0.15, -0.1) is 0 Å². The molecule has 0 N–H and O–H groups in total. The van der Waals surface area contributed by atoms with Gasteiger partial charge in [0.25, 0.3) is 5.56 Å². The van der Waals surface area contributed by atoms with Gasteiger partial charge in [0.15, 0.2) is 17.3 Å². The lowest BCUT2D eigenvalue weighted by molar-refractivity contribution is 0.266. The molecule has 1 heterocycles. The van der Waals surface area contributed by atoms with E-state index in [1.54, 1.807) is 49.6 Å². The number of fused-ring (bicyclic) bond motifs is 1. The van der Waals surface area contributed by atoms with Crippen molar-refractivity contribution in [3.8, 4) is 28.6 Å². The van der Waals surface area contributed by atoms with Crippen LogP contribution in [-0.4, -0.2) is 29.6 Å². The molecule has 226 valence electrons. The Hall–Kier alpha value is -4.69. The van der Waals surface area contributed by atoms with Gasteiger partial charge in [-0.2, -0.15) is 9.78 Å². The Morgan fingerprint density at radius 1 is 1.02 bits per heavy atom. The van der Waals surface area contributed by atoms with E-state index in [0.717, 1.165) is 22.4 Å². The van der Waals surface area contributed by atoms with Crippen LogP contribution in [0.4, 0.5) is 4.39 Å². The van der Waals surface area contributed by atoms with Crippen LogP contribution in [0, 0.1) is 12.7 Å². The highest BCUT2D eigenvalue weighted by molar-refractivity contribution is 6.32. The Morgan fingerprint density at radius 3 is 2.50 bits per heavy atom. The number of rotatable bonds is 10. The monoisotopic (exact) mass is 613 g/mol. The maximum Gasteiger partial charge on any atom is 0.282 e. The molecule has 44 heavy (non-hydrogen) atoms. The average molecular weight is 614 g/mol. The summed E-state index contributed by atoms with van der Waals surface area (Å²) in [5, 5.41) is 5.31. The van der Waals surface area contributed by atoms with Gasteiger partial charge in [0.05, 0.1) is 35.9 Å². The molecule has 0 saturated carbocycles. The first kappa shape index (κ1) is 30.8. The fraction of sp³-hybridized carbons (Fsp3) is 0.229. The Kier molecular flexibility index (Phi) is 9.30. The van der Waals surface area contributed by atoms with Crippen LogP contribution in [0.5, 0.6) is 17.2 Å². The Labute approximate surface area is 260 Å². The first-order chi connectivity index (χ1) is 21.2. The molecule has 0 spiro atoms. The molecular weight excluding hydrogens is 581 g/mol. The van der Waals surface area contributed by atoms with Gasteiger partial charge in [-0.1, -0.05) is 55.8 Å². The number of halogens is 2. The second-order valence-corrected chi connectivity index (χ2v) is 10.9. The topological polar surface area (TPSA) is 74.9 Å². The van der Waals surface area contributed by atoms with Gasteiger partial charge in [-0.05, 0) is 78.9 Å². The van der Waals surface area contributed by atoms with Gasteiger partial charge in [-0.3, -0.25) is 4.79 Å². The van der Waals surface area contributed by atoms with Crippen LogP contribution in [0.25, 0.3) is 22.3 Å². The van der Waals surface area contributed by atoms with Crippen LogP contribution < -0.4 is 19.8 Å². The van der Waals surface area contributed by atoms with Crippen LogP contribution in [0.3, 0.4) is 0 Å². The first-order valence-electron chi connectivity index (χ1n) is 14.3. The third kappa shape index (κ3) is 6.31. The summed E-state index contributed by atoms with van der Waals surface area (Å²) in [5.41, 5.74) is 3.85. The van der Waals surface area contributed by atoms with Gasteiger partial charge in [0.2, 0.25) is 0 Å². The molecule has 1 aromatic heterocycles. The number of aromatic nitrogens is 2. The third-order valence-corrected chi connectivity index (χ3v) is 7.46. The molecule has 0 fully saturated rings. The zero-order valence-corrected chi connectivity index (χ0v) is 26.0. The molecule has 5 aromatic rings. The smallest absolute Gasteiger partial charge is 0.282 e. The second kappa shape index (κ2) is 13.3. The van der Waals surface area contributed by atoms with Gasteiger partial charge >= 0.3 is 0 Å². The first-order valence-corrected chi connectivity index (χ1v) is 14.7. The van der Waals surface area contributed by atoms with E-state index < -0.39 is 0 Å². The number of hydrogen-bond acceptors (Lipinski definition) is 6. The van der Waals surface area contributed by atoms with E-state index in [-0.39, 0.29) is 34.7 Å². The van der Waals surface area contributed by atoms with Gasteiger partial charge < -0.3 is 14.2 Å². The average Bonchev–Trinajstić information content (AvgIpc) is 3.00. The zero-order valence-electron chi connectivity index (χ0n) is 25.2. The van der Waals surface area contributed by atoms with E-state index in [0.29, 0.717) is 40.2 Å². The molecule has 5 rings (SSSR count). The molecule has 7 nitrogen and oxygen atoms in total. The number of hydrogen-bond donors (Lipinski definition) is 0. The van der Waals surface area contributed by atoms with Crippen molar-refractivity contribution in [1.29, 1.82) is 0 Å². The summed E-state index contributed by atoms with van der Waals surface area (Å²) < 4.78 is 32.8. The molecule has 4 aromatic carbocycles. The van der Waals surface area contributed by atoms with Crippen LogP contribution in [0.2, 0.25) is 5.02 Å². The molecule has 0 aliphatic heterocycles. The highest BCUT2D eigenvalue weighted by atomic mass is 35.5. The van der Waals surface area contributed by atoms with Crippen molar-refractivity contribution in [2.45, 2.75) is 40.2 Å². The van der Waals surface area contributed by atoms with E-state index in [1.165, 1.54) is 17.0 Å². The summed E-state index contributed by atoms with van der Waals surface area (Å²) in [6.45, 7) is 8.27. The van der Waals surface area contributed by atoms with Crippen LogP contribution in [-0.2, 0) is 6.61 Å². The molecule has 0 aliphatic rings. The summed E-state index contributed by atoms with van der Waals surface area (Å²) in [6.07, 6.45) is 1.53. The Bertz CT molecular complexity index is 1920. The molecule has 0 aliphatic carbocycles. The number of aryl methyl sites for hydroxylation is 1. The molecule has 9 heteroatoms. The van der Waals surface area contributed by atoms with Crippen LogP contribution >= 0.6 is 11.6 Å².